The summed E-state index contributed by atoms with van der Waals surface area (Å²) in [4.78, 5) is 11.5. The van der Waals surface area contributed by atoms with E-state index in [1.165, 1.54) is 6.42 Å². The van der Waals surface area contributed by atoms with Crippen molar-refractivity contribution in [3.63, 3.8) is 0 Å². The Labute approximate surface area is 97.4 Å². The molecule has 94 valence electrons. The van der Waals surface area contributed by atoms with Crippen molar-refractivity contribution in [1.29, 1.82) is 0 Å². The second-order valence-corrected chi connectivity index (χ2v) is 4.62. The molecule has 2 N–H and O–H groups in total. The number of aliphatic hydroxyl groups is 1. The fourth-order valence-electron chi connectivity index (χ4n) is 1.77. The molecule has 0 saturated carbocycles. The van der Waals surface area contributed by atoms with Gasteiger partial charge in [0.25, 0.3) is 0 Å². The zero-order chi connectivity index (χ0) is 11.8. The fourth-order valence-corrected chi connectivity index (χ4v) is 1.77. The van der Waals surface area contributed by atoms with Crippen LogP contribution in [0.25, 0.3) is 0 Å². The standard InChI is InChI=1S/C12H23NO3/c1-10(9-14)8-13-12(15)6-5-11-4-2-3-7-16-11/h10-11,14H,2-9H2,1H3,(H,13,15). The first-order chi connectivity index (χ1) is 7.72. The molecule has 1 saturated heterocycles. The molecule has 0 aromatic heterocycles. The van der Waals surface area contributed by atoms with Crippen LogP contribution in [-0.2, 0) is 9.53 Å². The third kappa shape index (κ3) is 5.47. The quantitative estimate of drug-likeness (QED) is 0.716. The number of hydrogen-bond acceptors (Lipinski definition) is 3. The maximum Gasteiger partial charge on any atom is 0.220 e. The van der Waals surface area contributed by atoms with Crippen LogP contribution in [0, 0.1) is 5.92 Å². The average molecular weight is 229 g/mol. The zero-order valence-corrected chi connectivity index (χ0v) is 10.1. The van der Waals surface area contributed by atoms with Crippen LogP contribution in [0.2, 0.25) is 0 Å². The van der Waals surface area contributed by atoms with Crippen molar-refractivity contribution in [3.05, 3.63) is 0 Å². The molecule has 2 unspecified atom stereocenters. The number of amides is 1. The summed E-state index contributed by atoms with van der Waals surface area (Å²) in [5.74, 6) is 0.198. The predicted molar refractivity (Wildman–Crippen MR) is 62.1 cm³/mol. The Morgan fingerprint density at radius 1 is 1.56 bits per heavy atom. The molecule has 0 aliphatic carbocycles. The third-order valence-electron chi connectivity index (χ3n) is 2.93. The molecule has 1 aliphatic heterocycles. The van der Waals surface area contributed by atoms with Gasteiger partial charge in [0.05, 0.1) is 6.10 Å². The first-order valence-corrected chi connectivity index (χ1v) is 6.21. The van der Waals surface area contributed by atoms with Crippen LogP contribution in [0.3, 0.4) is 0 Å². The van der Waals surface area contributed by atoms with E-state index >= 15 is 0 Å². The lowest BCUT2D eigenvalue weighted by atomic mass is 10.0. The molecule has 4 nitrogen and oxygen atoms in total. The lowest BCUT2D eigenvalue weighted by molar-refractivity contribution is -0.122. The van der Waals surface area contributed by atoms with Crippen molar-refractivity contribution in [2.24, 2.45) is 5.92 Å². The van der Waals surface area contributed by atoms with Gasteiger partial charge in [0.1, 0.15) is 0 Å². The lowest BCUT2D eigenvalue weighted by Crippen LogP contribution is -2.30. The Hall–Kier alpha value is -0.610. The van der Waals surface area contributed by atoms with Crippen molar-refractivity contribution in [2.75, 3.05) is 19.8 Å². The number of carbonyl (C=O) groups excluding carboxylic acids is 1. The molecule has 4 heteroatoms. The smallest absolute Gasteiger partial charge is 0.220 e. The van der Waals surface area contributed by atoms with Crippen molar-refractivity contribution in [2.45, 2.75) is 45.1 Å². The number of ether oxygens (including phenoxy) is 1. The van der Waals surface area contributed by atoms with Gasteiger partial charge in [0.2, 0.25) is 5.91 Å². The summed E-state index contributed by atoms with van der Waals surface area (Å²) in [5, 5.41) is 11.6. The minimum absolute atomic E-state index is 0.0643. The van der Waals surface area contributed by atoms with E-state index < -0.39 is 0 Å². The van der Waals surface area contributed by atoms with Gasteiger partial charge in [-0.3, -0.25) is 4.79 Å². The molecule has 2 atom stereocenters. The summed E-state index contributed by atoms with van der Waals surface area (Å²) in [7, 11) is 0. The van der Waals surface area contributed by atoms with Crippen molar-refractivity contribution < 1.29 is 14.6 Å². The fraction of sp³-hybridized carbons (Fsp3) is 0.917. The van der Waals surface area contributed by atoms with E-state index in [9.17, 15) is 4.79 Å². The van der Waals surface area contributed by atoms with E-state index in [0.29, 0.717) is 13.0 Å². The maximum atomic E-state index is 11.5. The highest BCUT2D eigenvalue weighted by atomic mass is 16.5. The van der Waals surface area contributed by atoms with Crippen molar-refractivity contribution >= 4 is 5.91 Å². The normalized spacial score (nSPS) is 22.8. The van der Waals surface area contributed by atoms with Crippen LogP contribution in [-0.4, -0.2) is 36.9 Å². The number of aliphatic hydroxyl groups excluding tert-OH is 1. The summed E-state index contributed by atoms with van der Waals surface area (Å²) in [6.45, 7) is 3.42. The number of hydrogen-bond donors (Lipinski definition) is 2. The van der Waals surface area contributed by atoms with Gasteiger partial charge in [-0.2, -0.15) is 0 Å². The second-order valence-electron chi connectivity index (χ2n) is 4.62. The van der Waals surface area contributed by atoms with Crippen LogP contribution in [0.5, 0.6) is 0 Å². The molecule has 0 bridgehead atoms. The molecule has 0 spiro atoms. The number of carbonyl (C=O) groups is 1. The average Bonchev–Trinajstić information content (AvgIpc) is 2.34. The minimum Gasteiger partial charge on any atom is -0.396 e. The highest BCUT2D eigenvalue weighted by Crippen LogP contribution is 2.16. The molecule has 1 fully saturated rings. The number of nitrogens with one attached hydrogen (secondary N) is 1. The molecule has 16 heavy (non-hydrogen) atoms. The summed E-state index contributed by atoms with van der Waals surface area (Å²) in [6, 6.07) is 0. The highest BCUT2D eigenvalue weighted by Gasteiger charge is 2.15. The summed E-state index contributed by atoms with van der Waals surface area (Å²) in [5.41, 5.74) is 0. The largest absolute Gasteiger partial charge is 0.396 e. The maximum absolute atomic E-state index is 11.5. The molecular formula is C12H23NO3. The van der Waals surface area contributed by atoms with E-state index in [1.54, 1.807) is 0 Å². The summed E-state index contributed by atoms with van der Waals surface area (Å²) < 4.78 is 5.56. The van der Waals surface area contributed by atoms with Gasteiger partial charge in [-0.25, -0.2) is 0 Å². The van der Waals surface area contributed by atoms with Gasteiger partial charge < -0.3 is 15.2 Å². The van der Waals surface area contributed by atoms with Crippen molar-refractivity contribution in [3.8, 4) is 0 Å². The SMILES string of the molecule is CC(CO)CNC(=O)CCC1CCCCO1. The van der Waals surface area contributed by atoms with E-state index in [1.807, 2.05) is 6.92 Å². The third-order valence-corrected chi connectivity index (χ3v) is 2.93. The van der Waals surface area contributed by atoms with Crippen LogP contribution in [0.15, 0.2) is 0 Å². The molecule has 1 heterocycles. The topological polar surface area (TPSA) is 58.6 Å². The van der Waals surface area contributed by atoms with Gasteiger partial charge in [0.15, 0.2) is 0 Å². The van der Waals surface area contributed by atoms with Crippen LogP contribution >= 0.6 is 0 Å². The van der Waals surface area contributed by atoms with Crippen molar-refractivity contribution in [1.82, 2.24) is 5.32 Å². The number of rotatable bonds is 6. The van der Waals surface area contributed by atoms with E-state index in [-0.39, 0.29) is 24.5 Å². The lowest BCUT2D eigenvalue weighted by Gasteiger charge is -2.22. The van der Waals surface area contributed by atoms with E-state index in [2.05, 4.69) is 5.32 Å². The Kier molecular flexibility index (Phi) is 6.42. The molecular weight excluding hydrogens is 206 g/mol. The highest BCUT2D eigenvalue weighted by molar-refractivity contribution is 5.75. The summed E-state index contributed by atoms with van der Waals surface area (Å²) in [6.07, 6.45) is 5.07. The van der Waals surface area contributed by atoms with E-state index in [0.717, 1.165) is 25.9 Å². The Balaban J connectivity index is 2.05. The van der Waals surface area contributed by atoms with Crippen LogP contribution in [0.4, 0.5) is 0 Å². The Bertz CT molecular complexity index is 202. The molecule has 0 aromatic carbocycles. The Morgan fingerprint density at radius 3 is 3.00 bits per heavy atom. The second kappa shape index (κ2) is 7.63. The molecule has 0 aromatic rings. The first-order valence-electron chi connectivity index (χ1n) is 6.21. The van der Waals surface area contributed by atoms with Gasteiger partial charge in [-0.15, -0.1) is 0 Å². The summed E-state index contributed by atoms with van der Waals surface area (Å²) >= 11 is 0. The molecule has 1 rings (SSSR count). The first kappa shape index (κ1) is 13.5. The molecule has 1 amide bonds. The van der Waals surface area contributed by atoms with Crippen LogP contribution < -0.4 is 5.32 Å². The van der Waals surface area contributed by atoms with Gasteiger partial charge in [-0.05, 0) is 31.6 Å². The van der Waals surface area contributed by atoms with E-state index in [4.69, 9.17) is 9.84 Å². The zero-order valence-electron chi connectivity index (χ0n) is 10.1. The van der Waals surface area contributed by atoms with Gasteiger partial charge >= 0.3 is 0 Å². The monoisotopic (exact) mass is 229 g/mol. The van der Waals surface area contributed by atoms with Gasteiger partial charge in [-0.1, -0.05) is 6.92 Å². The van der Waals surface area contributed by atoms with Crippen LogP contribution in [0.1, 0.15) is 39.0 Å². The molecule has 0 radical (unpaired) electrons. The Morgan fingerprint density at radius 2 is 2.38 bits per heavy atom. The van der Waals surface area contributed by atoms with Gasteiger partial charge in [0, 0.05) is 26.2 Å². The predicted octanol–water partition coefficient (Wildman–Crippen LogP) is 1.08. The minimum atomic E-state index is 0.0643. The molecule has 1 aliphatic rings.